The number of nitrogens with one attached hydrogen (secondary N) is 2. The lowest BCUT2D eigenvalue weighted by Gasteiger charge is -2.05. The second-order valence-electron chi connectivity index (χ2n) is 10.2. The summed E-state index contributed by atoms with van der Waals surface area (Å²) in [4.78, 5) is 89.6. The summed E-state index contributed by atoms with van der Waals surface area (Å²) < 4.78 is 10.2. The molecule has 22 nitrogen and oxygen atoms in total. The summed E-state index contributed by atoms with van der Waals surface area (Å²) >= 11 is 0. The molecule has 0 radical (unpaired) electrons. The molecule has 0 heterocycles. The first kappa shape index (κ1) is 37.5. The first-order valence-electron chi connectivity index (χ1n) is 14.3. The van der Waals surface area contributed by atoms with Gasteiger partial charge in [-0.2, -0.15) is 10.2 Å². The highest BCUT2D eigenvalue weighted by Crippen LogP contribution is 2.25. The van der Waals surface area contributed by atoms with Crippen LogP contribution in [0.25, 0.3) is 0 Å². The number of benzene rings is 4. The molecule has 0 aliphatic carbocycles. The number of hydrazone groups is 2. The van der Waals surface area contributed by atoms with E-state index in [4.69, 9.17) is 9.47 Å². The Balaban J connectivity index is 1.22. The van der Waals surface area contributed by atoms with Crippen molar-refractivity contribution >= 4 is 58.9 Å². The van der Waals surface area contributed by atoms with Gasteiger partial charge >= 0.3 is 11.9 Å². The molecule has 0 fully saturated rings. The molecule has 2 amide bonds. The van der Waals surface area contributed by atoms with Crippen LogP contribution in [0.5, 0.6) is 11.5 Å². The van der Waals surface area contributed by atoms with Gasteiger partial charge in [-0.3, -0.25) is 50.0 Å². The van der Waals surface area contributed by atoms with E-state index in [0.717, 1.165) is 24.3 Å². The highest BCUT2D eigenvalue weighted by atomic mass is 16.6. The molecule has 4 aromatic carbocycles. The molecule has 2 N–H and O–H groups in total. The third-order valence-electron chi connectivity index (χ3n) is 6.43. The average molecular weight is 729 g/mol. The van der Waals surface area contributed by atoms with Crippen molar-refractivity contribution in [3.8, 4) is 11.5 Å². The molecule has 53 heavy (non-hydrogen) atoms. The SMILES string of the molecule is O=C(CC(=O)N/N=C/c1ccc(OC(=O)c2cc([N+](=O)[O-])cc([N+](=O)[O-])c2)cc1)N/N=C/c1ccc(OC(=O)c2cc([N+](=O)[O-])cc([N+](=O)[O-])c2)cc1. The Labute approximate surface area is 293 Å². The zero-order valence-corrected chi connectivity index (χ0v) is 26.3. The molecular weight excluding hydrogens is 708 g/mol. The van der Waals surface area contributed by atoms with Crippen molar-refractivity contribution in [2.75, 3.05) is 0 Å². The molecular formula is C31H20N8O14. The van der Waals surface area contributed by atoms with E-state index in [9.17, 15) is 59.6 Å². The molecule has 0 spiro atoms. The fraction of sp³-hybridized carbons (Fsp3) is 0.0323. The van der Waals surface area contributed by atoms with Gasteiger partial charge in [-0.25, -0.2) is 20.4 Å². The fourth-order valence-electron chi connectivity index (χ4n) is 4.01. The van der Waals surface area contributed by atoms with E-state index >= 15 is 0 Å². The van der Waals surface area contributed by atoms with E-state index < -0.39 is 83.7 Å². The summed E-state index contributed by atoms with van der Waals surface area (Å²) in [7, 11) is 0. The number of nitro groups is 4. The molecule has 0 bridgehead atoms. The van der Waals surface area contributed by atoms with Gasteiger partial charge in [0.25, 0.3) is 22.7 Å². The number of nitrogens with zero attached hydrogens (tertiary/aromatic N) is 6. The molecule has 0 aromatic heterocycles. The monoisotopic (exact) mass is 728 g/mol. The van der Waals surface area contributed by atoms with Crippen LogP contribution in [0.4, 0.5) is 22.7 Å². The molecule has 0 atom stereocenters. The number of non-ortho nitro benzene ring substituents is 4. The van der Waals surface area contributed by atoms with E-state index in [0.29, 0.717) is 23.3 Å². The molecule has 0 saturated heterocycles. The van der Waals surface area contributed by atoms with Crippen LogP contribution in [0, 0.1) is 40.5 Å². The molecule has 0 aliphatic heterocycles. The van der Waals surface area contributed by atoms with Crippen molar-refractivity contribution in [1.29, 1.82) is 0 Å². The van der Waals surface area contributed by atoms with Gasteiger partial charge < -0.3 is 9.47 Å². The van der Waals surface area contributed by atoms with Crippen LogP contribution in [0.3, 0.4) is 0 Å². The summed E-state index contributed by atoms with van der Waals surface area (Å²) in [6.45, 7) is 0. The highest BCUT2D eigenvalue weighted by molar-refractivity contribution is 5.97. The first-order valence-corrected chi connectivity index (χ1v) is 14.3. The molecule has 22 heteroatoms. The van der Waals surface area contributed by atoms with Crippen molar-refractivity contribution in [3.63, 3.8) is 0 Å². The van der Waals surface area contributed by atoms with Crippen molar-refractivity contribution in [2.24, 2.45) is 10.2 Å². The standard InChI is InChI=1S/C31H20N8O14/c40-28(34-32-16-18-1-5-26(6-2-18)52-30(42)20-9-22(36(44)45)13-23(10-20)37(46)47)15-29(41)35-33-17-19-3-7-27(8-4-19)53-31(43)21-11-24(38(48)49)14-25(12-21)39(50)51/h1-14,16-17H,15H2,(H,34,40)(H,35,41)/b32-16+,33-17+. The minimum absolute atomic E-state index is 0.00451. The number of rotatable bonds is 14. The maximum absolute atomic E-state index is 12.4. The van der Waals surface area contributed by atoms with Gasteiger partial charge in [-0.15, -0.1) is 0 Å². The number of hydrogen-bond donors (Lipinski definition) is 2. The van der Waals surface area contributed by atoms with Crippen molar-refractivity contribution < 1.29 is 48.3 Å². The lowest BCUT2D eigenvalue weighted by atomic mass is 10.1. The predicted octanol–water partition coefficient (Wildman–Crippen LogP) is 3.75. The van der Waals surface area contributed by atoms with Crippen LogP contribution in [-0.4, -0.2) is 55.9 Å². The Morgan fingerprint density at radius 2 is 0.830 bits per heavy atom. The first-order chi connectivity index (χ1) is 25.2. The minimum Gasteiger partial charge on any atom is -0.423 e. The van der Waals surface area contributed by atoms with Crippen LogP contribution in [0.1, 0.15) is 38.3 Å². The van der Waals surface area contributed by atoms with E-state index in [-0.39, 0.29) is 11.5 Å². The maximum Gasteiger partial charge on any atom is 0.344 e. The van der Waals surface area contributed by atoms with Gasteiger partial charge in [0.05, 0.1) is 55.4 Å². The molecule has 4 rings (SSSR count). The maximum atomic E-state index is 12.4. The van der Waals surface area contributed by atoms with Crippen LogP contribution in [0.15, 0.2) is 95.1 Å². The van der Waals surface area contributed by atoms with Crippen LogP contribution in [0.2, 0.25) is 0 Å². The molecule has 0 unspecified atom stereocenters. The summed E-state index contributed by atoms with van der Waals surface area (Å²) in [5, 5.41) is 51.6. The van der Waals surface area contributed by atoms with E-state index in [1.807, 2.05) is 0 Å². The van der Waals surface area contributed by atoms with Crippen molar-refractivity contribution in [2.45, 2.75) is 6.42 Å². The second-order valence-corrected chi connectivity index (χ2v) is 10.2. The normalized spacial score (nSPS) is 10.7. The molecule has 0 aliphatic rings. The average Bonchev–Trinajstić information content (AvgIpc) is 3.12. The summed E-state index contributed by atoms with van der Waals surface area (Å²) in [5.41, 5.74) is 1.61. The van der Waals surface area contributed by atoms with E-state index in [2.05, 4.69) is 21.1 Å². The Morgan fingerprint density at radius 3 is 1.11 bits per heavy atom. The lowest BCUT2D eigenvalue weighted by Crippen LogP contribution is -2.27. The zero-order chi connectivity index (χ0) is 38.7. The Morgan fingerprint density at radius 1 is 0.528 bits per heavy atom. The fourth-order valence-corrected chi connectivity index (χ4v) is 4.01. The second kappa shape index (κ2) is 16.9. The van der Waals surface area contributed by atoms with Crippen molar-refractivity contribution in [3.05, 3.63) is 148 Å². The van der Waals surface area contributed by atoms with E-state index in [1.54, 1.807) is 0 Å². The molecule has 268 valence electrons. The number of esters is 2. The Kier molecular flexibility index (Phi) is 12.0. The quantitative estimate of drug-likeness (QED) is 0.0467. The van der Waals surface area contributed by atoms with Gasteiger partial charge in [-0.05, 0) is 59.7 Å². The smallest absolute Gasteiger partial charge is 0.344 e. The minimum atomic E-state index is -1.08. The van der Waals surface area contributed by atoms with Gasteiger partial charge in [-0.1, -0.05) is 0 Å². The summed E-state index contributed by atoms with van der Waals surface area (Å²) in [6, 6.07) is 15.8. The van der Waals surface area contributed by atoms with Gasteiger partial charge in [0.15, 0.2) is 0 Å². The number of amides is 2. The molecule has 0 saturated carbocycles. The van der Waals surface area contributed by atoms with Crippen molar-refractivity contribution in [1.82, 2.24) is 10.9 Å². The van der Waals surface area contributed by atoms with Gasteiger partial charge in [0, 0.05) is 24.3 Å². The van der Waals surface area contributed by atoms with Gasteiger partial charge in [0.2, 0.25) is 11.8 Å². The number of carbonyl (C=O) groups excluding carboxylic acids is 4. The number of nitro benzene ring substituents is 4. The van der Waals surface area contributed by atoms with E-state index in [1.165, 1.54) is 61.0 Å². The highest BCUT2D eigenvalue weighted by Gasteiger charge is 2.22. The number of carbonyl (C=O) groups is 4. The number of ether oxygens (including phenoxy) is 2. The summed E-state index contributed by atoms with van der Waals surface area (Å²) in [6.07, 6.45) is 1.75. The third kappa shape index (κ3) is 10.8. The zero-order valence-electron chi connectivity index (χ0n) is 26.3. The van der Waals surface area contributed by atoms with Gasteiger partial charge in [0.1, 0.15) is 17.9 Å². The molecule has 4 aromatic rings. The predicted molar refractivity (Wildman–Crippen MR) is 178 cm³/mol. The summed E-state index contributed by atoms with van der Waals surface area (Å²) in [5.74, 6) is -3.77. The Hall–Kier alpha value is -8.30. The largest absolute Gasteiger partial charge is 0.423 e. The third-order valence-corrected chi connectivity index (χ3v) is 6.43. The van der Waals surface area contributed by atoms with Crippen LogP contribution < -0.4 is 20.3 Å². The number of hydrogen-bond acceptors (Lipinski definition) is 16. The Bertz CT molecular complexity index is 1980. The lowest BCUT2D eigenvalue weighted by molar-refractivity contribution is -0.394. The topological polar surface area (TPSA) is 308 Å². The van der Waals surface area contributed by atoms with Crippen LogP contribution >= 0.6 is 0 Å². The van der Waals surface area contributed by atoms with Crippen LogP contribution in [-0.2, 0) is 9.59 Å².